The molecule has 0 aliphatic heterocycles. The van der Waals surface area contributed by atoms with Gasteiger partial charge in [0.05, 0.1) is 24.2 Å². The maximum atomic E-state index is 6.47. The van der Waals surface area contributed by atoms with Gasteiger partial charge in [-0.3, -0.25) is 0 Å². The van der Waals surface area contributed by atoms with Crippen LogP contribution < -0.4 is 0 Å². The van der Waals surface area contributed by atoms with Gasteiger partial charge in [0.2, 0.25) is 0 Å². The van der Waals surface area contributed by atoms with E-state index in [1.54, 1.807) is 0 Å². The Balaban J connectivity index is 1.35. The van der Waals surface area contributed by atoms with Crippen LogP contribution in [0.4, 0.5) is 0 Å². The van der Waals surface area contributed by atoms with E-state index in [2.05, 4.69) is 84.9 Å². The van der Waals surface area contributed by atoms with Crippen LogP contribution in [0.2, 0.25) is 0 Å². The number of oxazole rings is 2. The molecule has 4 aromatic carbocycles. The monoisotopic (exact) mass is 494 g/mol. The predicted octanol–water partition coefficient (Wildman–Crippen LogP) is 8.45. The van der Waals surface area contributed by atoms with E-state index in [0.717, 1.165) is 34.4 Å². The third kappa shape index (κ3) is 3.95. The van der Waals surface area contributed by atoms with Crippen molar-refractivity contribution in [1.29, 1.82) is 0 Å². The van der Waals surface area contributed by atoms with Gasteiger partial charge in [-0.05, 0) is 11.1 Å². The average Bonchev–Trinajstić information content (AvgIpc) is 3.66. The van der Waals surface area contributed by atoms with E-state index in [-0.39, 0.29) is 23.7 Å². The minimum absolute atomic E-state index is 0.0364. The molecule has 1 aliphatic carbocycles. The lowest BCUT2D eigenvalue weighted by atomic mass is 9.52. The summed E-state index contributed by atoms with van der Waals surface area (Å²) in [5, 5.41) is 0. The van der Waals surface area contributed by atoms with E-state index < -0.39 is 0 Å². The lowest BCUT2D eigenvalue weighted by molar-refractivity contribution is 0.169. The molecule has 0 unspecified atom stereocenters. The summed E-state index contributed by atoms with van der Waals surface area (Å²) >= 11 is 0. The molecule has 6 aromatic rings. The Morgan fingerprint density at radius 1 is 0.395 bits per heavy atom. The zero-order valence-electron chi connectivity index (χ0n) is 20.7. The van der Waals surface area contributed by atoms with Gasteiger partial charge in [-0.1, -0.05) is 121 Å². The molecule has 0 amide bonds. The molecule has 0 radical (unpaired) electrons. The number of benzene rings is 4. The molecule has 1 aliphatic rings. The second kappa shape index (κ2) is 9.64. The Labute approximate surface area is 221 Å². The fourth-order valence-electron chi connectivity index (χ4n) is 5.90. The van der Waals surface area contributed by atoms with Crippen LogP contribution in [0.25, 0.3) is 22.6 Å². The molecule has 0 atom stereocenters. The Bertz CT molecular complexity index is 1490. The molecule has 1 saturated carbocycles. The molecule has 7 rings (SSSR count). The van der Waals surface area contributed by atoms with Gasteiger partial charge in [0.25, 0.3) is 0 Å². The van der Waals surface area contributed by atoms with Crippen LogP contribution in [0.3, 0.4) is 0 Å². The van der Waals surface area contributed by atoms with Gasteiger partial charge in [-0.25, -0.2) is 9.97 Å². The first kappa shape index (κ1) is 22.5. The molecule has 184 valence electrons. The summed E-state index contributed by atoms with van der Waals surface area (Å²) in [6.45, 7) is 0. The lowest BCUT2D eigenvalue weighted by Gasteiger charge is -2.49. The topological polar surface area (TPSA) is 52.1 Å². The molecule has 0 N–H and O–H groups in total. The number of rotatable bonds is 6. The summed E-state index contributed by atoms with van der Waals surface area (Å²) in [5.74, 6) is 3.34. The van der Waals surface area contributed by atoms with Crippen molar-refractivity contribution >= 4 is 0 Å². The first-order valence-electron chi connectivity index (χ1n) is 13.0. The molecule has 4 nitrogen and oxygen atoms in total. The maximum absolute atomic E-state index is 6.47. The molecule has 1 fully saturated rings. The fraction of sp³-hybridized carbons (Fsp3) is 0.118. The smallest absolute Gasteiger partial charge is 0.199 e. The van der Waals surface area contributed by atoms with Gasteiger partial charge in [-0.2, -0.15) is 0 Å². The first-order valence-corrected chi connectivity index (χ1v) is 13.0. The Morgan fingerprint density at radius 3 is 1.11 bits per heavy atom. The molecule has 4 heteroatoms. The van der Waals surface area contributed by atoms with Crippen LogP contribution in [0, 0.1) is 0 Å². The zero-order chi connectivity index (χ0) is 25.3. The highest BCUT2D eigenvalue weighted by atomic mass is 16.4. The summed E-state index contributed by atoms with van der Waals surface area (Å²) in [6.07, 6.45) is 3.70. The summed E-state index contributed by atoms with van der Waals surface area (Å²) in [5.41, 5.74) is 4.51. The van der Waals surface area contributed by atoms with Crippen LogP contribution in [0.5, 0.6) is 0 Å². The number of nitrogens with zero attached hydrogens (tertiary/aromatic N) is 2. The predicted molar refractivity (Wildman–Crippen MR) is 148 cm³/mol. The molecule has 2 aromatic heterocycles. The highest BCUT2D eigenvalue weighted by Crippen LogP contribution is 2.66. The highest BCUT2D eigenvalue weighted by Gasteiger charge is 2.57. The largest absolute Gasteiger partial charge is 0.440 e. The van der Waals surface area contributed by atoms with E-state index in [0.29, 0.717) is 0 Å². The van der Waals surface area contributed by atoms with Gasteiger partial charge >= 0.3 is 0 Å². The van der Waals surface area contributed by atoms with E-state index in [1.165, 1.54) is 11.1 Å². The van der Waals surface area contributed by atoms with E-state index in [4.69, 9.17) is 18.8 Å². The number of aromatic nitrogens is 2. The number of hydrogen-bond donors (Lipinski definition) is 0. The molecular formula is C34H26N2O2. The van der Waals surface area contributed by atoms with Gasteiger partial charge in [-0.15, -0.1) is 0 Å². The van der Waals surface area contributed by atoms with Crippen molar-refractivity contribution in [3.05, 3.63) is 157 Å². The molecule has 0 saturated heterocycles. The van der Waals surface area contributed by atoms with Gasteiger partial charge < -0.3 is 8.83 Å². The van der Waals surface area contributed by atoms with Crippen LogP contribution in [-0.4, -0.2) is 9.97 Å². The molecular weight excluding hydrogens is 468 g/mol. The minimum atomic E-state index is 0.0364. The van der Waals surface area contributed by atoms with Crippen LogP contribution >= 0.6 is 0 Å². The van der Waals surface area contributed by atoms with Crippen LogP contribution in [0.1, 0.15) is 46.6 Å². The van der Waals surface area contributed by atoms with E-state index >= 15 is 0 Å². The molecule has 0 spiro atoms. The van der Waals surface area contributed by atoms with Crippen molar-refractivity contribution in [3.8, 4) is 22.6 Å². The second-order valence-electron chi connectivity index (χ2n) is 9.78. The summed E-state index contributed by atoms with van der Waals surface area (Å²) < 4.78 is 12.9. The fourth-order valence-corrected chi connectivity index (χ4v) is 5.90. The summed E-state index contributed by atoms with van der Waals surface area (Å²) in [4.78, 5) is 9.66. The van der Waals surface area contributed by atoms with Gasteiger partial charge in [0.1, 0.15) is 0 Å². The Kier molecular flexibility index (Phi) is 5.71. The van der Waals surface area contributed by atoms with Gasteiger partial charge in [0, 0.05) is 23.0 Å². The second-order valence-corrected chi connectivity index (χ2v) is 9.78. The molecule has 0 bridgehead atoms. The third-order valence-corrected chi connectivity index (χ3v) is 7.65. The third-order valence-electron chi connectivity index (χ3n) is 7.65. The van der Waals surface area contributed by atoms with E-state index in [1.807, 2.05) is 48.8 Å². The van der Waals surface area contributed by atoms with Crippen molar-refractivity contribution in [1.82, 2.24) is 9.97 Å². The van der Waals surface area contributed by atoms with Gasteiger partial charge in [0.15, 0.2) is 23.3 Å². The molecule has 2 heterocycles. The first-order chi connectivity index (χ1) is 18.9. The quantitative estimate of drug-likeness (QED) is 0.233. The minimum Gasteiger partial charge on any atom is -0.440 e. The SMILES string of the molecule is c1ccc(-c2cnc(C3C(c4ccccc4)C(c4ncc(-c5ccccc5)o4)C3c3ccccc3)o2)cc1. The van der Waals surface area contributed by atoms with Crippen molar-refractivity contribution in [2.24, 2.45) is 0 Å². The van der Waals surface area contributed by atoms with Crippen molar-refractivity contribution in [2.75, 3.05) is 0 Å². The Morgan fingerprint density at radius 2 is 0.737 bits per heavy atom. The van der Waals surface area contributed by atoms with Crippen LogP contribution in [0.15, 0.2) is 143 Å². The van der Waals surface area contributed by atoms with Crippen LogP contribution in [-0.2, 0) is 0 Å². The lowest BCUT2D eigenvalue weighted by Crippen LogP contribution is -2.40. The maximum Gasteiger partial charge on any atom is 0.199 e. The zero-order valence-corrected chi connectivity index (χ0v) is 20.7. The Hall–Kier alpha value is -4.70. The molecule has 38 heavy (non-hydrogen) atoms. The van der Waals surface area contributed by atoms with Crippen molar-refractivity contribution < 1.29 is 8.83 Å². The highest BCUT2D eigenvalue weighted by molar-refractivity contribution is 5.57. The normalized spacial score (nSPS) is 20.6. The van der Waals surface area contributed by atoms with Crippen molar-refractivity contribution in [3.63, 3.8) is 0 Å². The summed E-state index contributed by atoms with van der Waals surface area (Å²) in [6, 6.07) is 41.5. The average molecular weight is 495 g/mol. The number of hydrogen-bond acceptors (Lipinski definition) is 4. The van der Waals surface area contributed by atoms with Crippen molar-refractivity contribution in [2.45, 2.75) is 23.7 Å². The summed E-state index contributed by atoms with van der Waals surface area (Å²) in [7, 11) is 0. The standard InChI is InChI=1S/C34H26N2O2/c1-5-13-23(14-6-1)27-21-35-33(37-27)31-29(25-17-9-3-10-18-25)32(30(31)26-19-11-4-12-20-26)34-36-22-28(38-34)24-15-7-2-8-16-24/h1-22,29-32H. The van der Waals surface area contributed by atoms with E-state index in [9.17, 15) is 0 Å².